The summed E-state index contributed by atoms with van der Waals surface area (Å²) in [6, 6.07) is 6.70. The maximum Gasteiger partial charge on any atom is 0.320 e. The van der Waals surface area contributed by atoms with E-state index in [1.165, 1.54) is 0 Å². The maximum atomic E-state index is 15.4. The molecule has 5 unspecified atom stereocenters. The number of rotatable bonds is 6. The highest BCUT2D eigenvalue weighted by Gasteiger charge is 2.40. The molecule has 0 aliphatic carbocycles. The molecule has 0 spiro atoms. The molecule has 9 nitrogen and oxygen atoms in total. The van der Waals surface area contributed by atoms with Crippen molar-refractivity contribution in [3.63, 3.8) is 0 Å². The molecule has 0 saturated carbocycles. The van der Waals surface area contributed by atoms with E-state index in [-0.39, 0.29) is 18.0 Å². The zero-order valence-electron chi connectivity index (χ0n) is 21.0. The summed E-state index contributed by atoms with van der Waals surface area (Å²) in [5.41, 5.74) is 2.95. The van der Waals surface area contributed by atoms with Crippen LogP contribution in [-0.4, -0.2) is 94.1 Å². The van der Waals surface area contributed by atoms with Crippen molar-refractivity contribution in [3.8, 4) is 11.8 Å². The summed E-state index contributed by atoms with van der Waals surface area (Å²) in [4.78, 5) is 13.5. The average molecular weight is 497 g/mol. The Hall–Kier alpha value is -2.82. The van der Waals surface area contributed by atoms with Crippen LogP contribution in [0.3, 0.4) is 0 Å². The van der Waals surface area contributed by atoms with Gasteiger partial charge in [0.15, 0.2) is 5.82 Å². The highest BCUT2D eigenvalue weighted by atomic mass is 19.1. The summed E-state index contributed by atoms with van der Waals surface area (Å²) in [5, 5.41) is 15.3. The van der Waals surface area contributed by atoms with Crippen LogP contribution in [0.2, 0.25) is 0 Å². The van der Waals surface area contributed by atoms with Crippen molar-refractivity contribution in [3.05, 3.63) is 35.5 Å². The number of morpholine rings is 1. The van der Waals surface area contributed by atoms with E-state index < -0.39 is 12.3 Å². The first-order valence-electron chi connectivity index (χ1n) is 12.7. The molecule has 5 heterocycles. The van der Waals surface area contributed by atoms with Gasteiger partial charge in [-0.3, -0.25) is 4.90 Å². The van der Waals surface area contributed by atoms with Gasteiger partial charge in [0.1, 0.15) is 12.0 Å². The number of benzene rings is 1. The van der Waals surface area contributed by atoms with Gasteiger partial charge in [-0.05, 0) is 56.5 Å². The number of ether oxygens (including phenoxy) is 2. The first-order valence-corrected chi connectivity index (χ1v) is 12.7. The zero-order valence-corrected chi connectivity index (χ0v) is 21.0. The molecular formula is C26H33FN6O3. The molecule has 36 heavy (non-hydrogen) atoms. The summed E-state index contributed by atoms with van der Waals surface area (Å²) in [7, 11) is 1.57. The number of piperidine rings is 1. The van der Waals surface area contributed by atoms with Crippen LogP contribution in [0.4, 0.5) is 10.2 Å². The zero-order chi connectivity index (χ0) is 25.0. The third-order valence-electron chi connectivity index (χ3n) is 7.78. The summed E-state index contributed by atoms with van der Waals surface area (Å²) in [5.74, 6) is 1.23. The van der Waals surface area contributed by atoms with Crippen LogP contribution >= 0.6 is 0 Å². The Kier molecular flexibility index (Phi) is 6.05. The minimum atomic E-state index is -0.997. The third-order valence-corrected chi connectivity index (χ3v) is 7.78. The number of β-amino-alcohol motifs (C(OH)–C–C–N with tert-alkyl or cyclic N) is 1. The number of aryl methyl sites for hydroxylation is 1. The van der Waals surface area contributed by atoms with Gasteiger partial charge in [-0.2, -0.15) is 15.1 Å². The molecule has 2 bridgehead atoms. The fourth-order valence-corrected chi connectivity index (χ4v) is 6.07. The standard InChI is InChI=1S/C26H33FN6O3/c1-15-6-17-10-28-33(23(17)8-21(15)20-4-5-31(11-16(2)34)13-22(20)27)25-9-24(29-26(30-25)35-3)32-12-19-7-18(32)14-36-19/h6,8-10,16,18-20,22,34H,4-5,7,11-14H2,1-3H3. The number of alkyl halides is 1. The molecule has 3 aliphatic heterocycles. The van der Waals surface area contributed by atoms with Crippen LogP contribution in [0.5, 0.6) is 6.01 Å². The molecule has 0 amide bonds. The molecule has 1 aromatic carbocycles. The highest BCUT2D eigenvalue weighted by Crippen LogP contribution is 2.36. The van der Waals surface area contributed by atoms with Crippen LogP contribution in [0.1, 0.15) is 36.8 Å². The Morgan fingerprint density at radius 1 is 1.22 bits per heavy atom. The van der Waals surface area contributed by atoms with Crippen molar-refractivity contribution in [1.82, 2.24) is 24.6 Å². The van der Waals surface area contributed by atoms with Crippen molar-refractivity contribution < 1.29 is 19.0 Å². The molecule has 3 aliphatic rings. The van der Waals surface area contributed by atoms with Crippen LogP contribution in [-0.2, 0) is 4.74 Å². The van der Waals surface area contributed by atoms with Crippen LogP contribution < -0.4 is 9.64 Å². The molecule has 10 heteroatoms. The molecule has 3 saturated heterocycles. The Morgan fingerprint density at radius 3 is 2.75 bits per heavy atom. The van der Waals surface area contributed by atoms with Gasteiger partial charge in [-0.15, -0.1) is 0 Å². The Morgan fingerprint density at radius 2 is 2.06 bits per heavy atom. The number of anilines is 1. The monoisotopic (exact) mass is 496 g/mol. The molecular weight excluding hydrogens is 463 g/mol. The quantitative estimate of drug-likeness (QED) is 0.557. The molecule has 2 aromatic heterocycles. The van der Waals surface area contributed by atoms with Crippen LogP contribution in [0.25, 0.3) is 16.7 Å². The van der Waals surface area contributed by atoms with Gasteiger partial charge in [0.05, 0.1) is 43.7 Å². The molecule has 192 valence electrons. The fourth-order valence-electron chi connectivity index (χ4n) is 6.07. The second-order valence-electron chi connectivity index (χ2n) is 10.4. The second-order valence-corrected chi connectivity index (χ2v) is 10.4. The van der Waals surface area contributed by atoms with E-state index in [1.807, 2.05) is 24.1 Å². The number of nitrogens with zero attached hydrogens (tertiary/aromatic N) is 6. The lowest BCUT2D eigenvalue weighted by atomic mass is 9.85. The number of halogens is 1. The number of methoxy groups -OCH3 is 1. The minimum Gasteiger partial charge on any atom is -0.467 e. The largest absolute Gasteiger partial charge is 0.467 e. The van der Waals surface area contributed by atoms with Crippen molar-refractivity contribution in [2.24, 2.45) is 0 Å². The second kappa shape index (κ2) is 9.24. The molecule has 1 N–H and O–H groups in total. The van der Waals surface area contributed by atoms with Gasteiger partial charge >= 0.3 is 6.01 Å². The number of likely N-dealkylation sites (tertiary alicyclic amines) is 1. The molecule has 5 atom stereocenters. The summed E-state index contributed by atoms with van der Waals surface area (Å²) in [6.45, 7) is 6.90. The predicted octanol–water partition coefficient (Wildman–Crippen LogP) is 2.62. The molecule has 3 aromatic rings. The highest BCUT2D eigenvalue weighted by molar-refractivity contribution is 5.82. The molecule has 0 radical (unpaired) electrons. The number of aliphatic hydroxyl groups is 1. The van der Waals surface area contributed by atoms with Gasteiger partial charge < -0.3 is 19.5 Å². The third kappa shape index (κ3) is 4.21. The lowest BCUT2D eigenvalue weighted by Gasteiger charge is -2.36. The maximum absolute atomic E-state index is 15.4. The Balaban J connectivity index is 1.35. The van der Waals surface area contributed by atoms with E-state index in [0.29, 0.717) is 38.0 Å². The first kappa shape index (κ1) is 23.6. The van der Waals surface area contributed by atoms with Crippen molar-refractivity contribution in [1.29, 1.82) is 0 Å². The number of hydrogen-bond donors (Lipinski definition) is 1. The summed E-state index contributed by atoms with van der Waals surface area (Å²) >= 11 is 0. The van der Waals surface area contributed by atoms with E-state index in [1.54, 1.807) is 18.7 Å². The predicted molar refractivity (Wildman–Crippen MR) is 134 cm³/mol. The van der Waals surface area contributed by atoms with Gasteiger partial charge in [-0.1, -0.05) is 0 Å². The Labute approximate surface area is 209 Å². The van der Waals surface area contributed by atoms with E-state index in [9.17, 15) is 5.11 Å². The van der Waals surface area contributed by atoms with Crippen molar-refractivity contribution in [2.45, 2.75) is 57.0 Å². The van der Waals surface area contributed by atoms with Crippen molar-refractivity contribution in [2.75, 3.05) is 44.8 Å². The summed E-state index contributed by atoms with van der Waals surface area (Å²) in [6.07, 6.45) is 2.33. The first-order chi connectivity index (χ1) is 17.4. The lowest BCUT2D eigenvalue weighted by molar-refractivity contribution is 0.0709. The normalized spacial score (nSPS) is 27.2. The fraction of sp³-hybridized carbons (Fsp3) is 0.577. The van der Waals surface area contributed by atoms with E-state index >= 15 is 4.39 Å². The number of hydrogen-bond acceptors (Lipinski definition) is 8. The number of fused-ring (bicyclic) bond motifs is 3. The molecule has 3 fully saturated rings. The van der Waals surface area contributed by atoms with E-state index in [2.05, 4.69) is 32.1 Å². The smallest absolute Gasteiger partial charge is 0.320 e. The topological polar surface area (TPSA) is 88.8 Å². The van der Waals surface area contributed by atoms with Crippen molar-refractivity contribution >= 4 is 16.7 Å². The van der Waals surface area contributed by atoms with Gasteiger partial charge in [0.2, 0.25) is 0 Å². The summed E-state index contributed by atoms with van der Waals surface area (Å²) < 4.78 is 28.4. The number of aromatic nitrogens is 4. The Bertz CT molecular complexity index is 1270. The van der Waals surface area contributed by atoms with Crippen LogP contribution in [0, 0.1) is 6.92 Å². The molecule has 6 rings (SSSR count). The van der Waals surface area contributed by atoms with Gasteiger partial charge in [0, 0.05) is 37.0 Å². The average Bonchev–Trinajstić information content (AvgIpc) is 3.59. The lowest BCUT2D eigenvalue weighted by Crippen LogP contribution is -2.43. The van der Waals surface area contributed by atoms with Gasteiger partial charge in [-0.25, -0.2) is 9.07 Å². The number of aliphatic hydroxyl groups excluding tert-OH is 1. The van der Waals surface area contributed by atoms with E-state index in [4.69, 9.17) is 9.47 Å². The van der Waals surface area contributed by atoms with Gasteiger partial charge in [0.25, 0.3) is 0 Å². The van der Waals surface area contributed by atoms with Crippen LogP contribution in [0.15, 0.2) is 24.4 Å². The van der Waals surface area contributed by atoms with E-state index in [0.717, 1.165) is 47.4 Å². The SMILES string of the molecule is COc1nc(N2CC3CC2CO3)cc(-n2ncc3cc(C)c(C4CCN(CC(C)O)CC4F)cc32)n1. The minimum absolute atomic E-state index is 0.196.